The molecular weight excluding hydrogens is 340 g/mol. The minimum atomic E-state index is -1.29. The van der Waals surface area contributed by atoms with Crippen molar-refractivity contribution in [2.45, 2.75) is 65.7 Å². The number of carbonyl (C=O) groups is 2. The van der Waals surface area contributed by atoms with Gasteiger partial charge in [0.25, 0.3) is 0 Å². The van der Waals surface area contributed by atoms with Crippen molar-refractivity contribution in [3.05, 3.63) is 29.3 Å². The molecule has 0 unspecified atom stereocenters. The molecule has 0 saturated carbocycles. The van der Waals surface area contributed by atoms with Crippen LogP contribution in [0.15, 0.2) is 24.3 Å². The maximum Gasteiger partial charge on any atom is 0.328 e. The van der Waals surface area contributed by atoms with Crippen LogP contribution in [0.25, 0.3) is 0 Å². The van der Waals surface area contributed by atoms with E-state index in [1.165, 1.54) is 12.8 Å². The molecule has 0 saturated heterocycles. The topological polar surface area (TPSA) is 52.6 Å². The van der Waals surface area contributed by atoms with Crippen molar-refractivity contribution in [3.8, 4) is 5.75 Å². The molecule has 1 aromatic rings. The van der Waals surface area contributed by atoms with E-state index < -0.39 is 17.4 Å². The van der Waals surface area contributed by atoms with E-state index in [4.69, 9.17) is 21.1 Å². The van der Waals surface area contributed by atoms with Crippen molar-refractivity contribution in [1.29, 1.82) is 0 Å². The molecule has 5 heteroatoms. The Morgan fingerprint density at radius 1 is 0.960 bits per heavy atom. The van der Waals surface area contributed by atoms with E-state index in [1.807, 2.05) is 0 Å². The summed E-state index contributed by atoms with van der Waals surface area (Å²) in [5.41, 5.74) is -1.29. The molecular formula is C20H29ClO4. The number of esters is 2. The summed E-state index contributed by atoms with van der Waals surface area (Å²) >= 11 is 6.03. The molecule has 0 bridgehead atoms. The number of ether oxygens (including phenoxy) is 2. The Morgan fingerprint density at radius 2 is 1.60 bits per heavy atom. The molecule has 140 valence electrons. The van der Waals surface area contributed by atoms with Crippen molar-refractivity contribution in [2.75, 3.05) is 6.61 Å². The highest BCUT2D eigenvalue weighted by molar-refractivity contribution is 6.32. The number of para-hydroxylation sites is 1. The summed E-state index contributed by atoms with van der Waals surface area (Å²) in [5.74, 6) is -0.862. The van der Waals surface area contributed by atoms with Gasteiger partial charge in [0, 0.05) is 0 Å². The van der Waals surface area contributed by atoms with Crippen LogP contribution in [0, 0.1) is 5.41 Å². The molecule has 0 aliphatic heterocycles. The van der Waals surface area contributed by atoms with Gasteiger partial charge in [0.1, 0.15) is 5.75 Å². The van der Waals surface area contributed by atoms with Crippen molar-refractivity contribution >= 4 is 23.5 Å². The second-order valence-electron chi connectivity index (χ2n) is 6.16. The predicted molar refractivity (Wildman–Crippen MR) is 99.8 cm³/mol. The SMILES string of the molecule is CCCCCCCOC(=O)C(CC)(CC)C(=O)Oc1ccccc1Cl. The molecule has 0 aromatic heterocycles. The van der Waals surface area contributed by atoms with E-state index in [-0.39, 0.29) is 5.75 Å². The van der Waals surface area contributed by atoms with Gasteiger partial charge < -0.3 is 9.47 Å². The first-order valence-corrected chi connectivity index (χ1v) is 9.53. The van der Waals surface area contributed by atoms with Crippen LogP contribution in [0.3, 0.4) is 0 Å². The van der Waals surface area contributed by atoms with Gasteiger partial charge >= 0.3 is 11.9 Å². The lowest BCUT2D eigenvalue weighted by atomic mass is 9.82. The minimum absolute atomic E-state index is 0.257. The van der Waals surface area contributed by atoms with Gasteiger partial charge in [-0.05, 0) is 31.4 Å². The average Bonchev–Trinajstić information content (AvgIpc) is 2.61. The third-order valence-electron chi connectivity index (χ3n) is 4.51. The van der Waals surface area contributed by atoms with Crippen LogP contribution in [0.1, 0.15) is 65.7 Å². The predicted octanol–water partition coefficient (Wildman–Crippen LogP) is 5.57. The molecule has 0 aliphatic carbocycles. The van der Waals surface area contributed by atoms with E-state index >= 15 is 0 Å². The summed E-state index contributed by atoms with van der Waals surface area (Å²) in [6.45, 7) is 6.07. The first-order valence-electron chi connectivity index (χ1n) is 9.15. The number of unbranched alkanes of at least 4 members (excludes halogenated alkanes) is 4. The van der Waals surface area contributed by atoms with E-state index in [0.717, 1.165) is 19.3 Å². The number of hydrogen-bond acceptors (Lipinski definition) is 4. The molecule has 1 aromatic carbocycles. The third kappa shape index (κ3) is 6.03. The summed E-state index contributed by atoms with van der Waals surface area (Å²) in [6.07, 6.45) is 5.97. The maximum absolute atomic E-state index is 12.7. The number of benzene rings is 1. The molecule has 0 fully saturated rings. The fourth-order valence-electron chi connectivity index (χ4n) is 2.64. The van der Waals surface area contributed by atoms with Gasteiger partial charge in [-0.3, -0.25) is 9.59 Å². The fourth-order valence-corrected chi connectivity index (χ4v) is 2.82. The Kier molecular flexibility index (Phi) is 9.58. The number of halogens is 1. The lowest BCUT2D eigenvalue weighted by Crippen LogP contribution is -2.42. The smallest absolute Gasteiger partial charge is 0.328 e. The second-order valence-corrected chi connectivity index (χ2v) is 6.57. The lowest BCUT2D eigenvalue weighted by molar-refractivity contribution is -0.168. The van der Waals surface area contributed by atoms with Crippen molar-refractivity contribution in [3.63, 3.8) is 0 Å². The van der Waals surface area contributed by atoms with Gasteiger partial charge in [-0.2, -0.15) is 0 Å². The molecule has 0 radical (unpaired) electrons. The molecule has 0 N–H and O–H groups in total. The average molecular weight is 369 g/mol. The number of hydrogen-bond donors (Lipinski definition) is 0. The Labute approximate surface area is 155 Å². The number of carbonyl (C=O) groups excluding carboxylic acids is 2. The highest BCUT2D eigenvalue weighted by Gasteiger charge is 2.46. The maximum atomic E-state index is 12.7. The quantitative estimate of drug-likeness (QED) is 0.222. The first-order chi connectivity index (χ1) is 12.0. The molecule has 0 spiro atoms. The first kappa shape index (κ1) is 21.5. The highest BCUT2D eigenvalue weighted by atomic mass is 35.5. The van der Waals surface area contributed by atoms with Crippen molar-refractivity contribution in [2.24, 2.45) is 5.41 Å². The Bertz CT molecular complexity index is 552. The normalized spacial score (nSPS) is 11.2. The summed E-state index contributed by atoms with van der Waals surface area (Å²) in [7, 11) is 0. The molecule has 1 rings (SSSR count). The summed E-state index contributed by atoms with van der Waals surface area (Å²) < 4.78 is 10.8. The highest BCUT2D eigenvalue weighted by Crippen LogP contribution is 2.33. The zero-order valence-corrected chi connectivity index (χ0v) is 16.2. The van der Waals surface area contributed by atoms with Crippen LogP contribution < -0.4 is 4.74 Å². The van der Waals surface area contributed by atoms with E-state index in [2.05, 4.69) is 6.92 Å². The van der Waals surface area contributed by atoms with Crippen LogP contribution in [0.5, 0.6) is 5.75 Å². The lowest BCUT2D eigenvalue weighted by Gasteiger charge is -2.27. The Morgan fingerprint density at radius 3 is 2.20 bits per heavy atom. The monoisotopic (exact) mass is 368 g/mol. The zero-order chi connectivity index (χ0) is 18.7. The molecule has 0 aliphatic rings. The number of rotatable bonds is 11. The molecule has 0 heterocycles. The summed E-state index contributed by atoms with van der Waals surface area (Å²) in [6, 6.07) is 6.72. The Hall–Kier alpha value is -1.55. The van der Waals surface area contributed by atoms with Gasteiger partial charge in [-0.25, -0.2) is 0 Å². The van der Waals surface area contributed by atoms with Crippen LogP contribution >= 0.6 is 11.6 Å². The van der Waals surface area contributed by atoms with Crippen LogP contribution in [0.2, 0.25) is 5.02 Å². The molecule has 0 amide bonds. The van der Waals surface area contributed by atoms with Crippen molar-refractivity contribution < 1.29 is 19.1 Å². The van der Waals surface area contributed by atoms with Crippen molar-refractivity contribution in [1.82, 2.24) is 0 Å². The summed E-state index contributed by atoms with van der Waals surface area (Å²) in [4.78, 5) is 25.3. The molecule has 25 heavy (non-hydrogen) atoms. The molecule has 0 atom stereocenters. The Balaban J connectivity index is 2.69. The van der Waals surface area contributed by atoms with E-state index in [1.54, 1.807) is 38.1 Å². The largest absolute Gasteiger partial charge is 0.465 e. The van der Waals surface area contributed by atoms with Gasteiger partial charge in [0.15, 0.2) is 5.41 Å². The third-order valence-corrected chi connectivity index (χ3v) is 4.82. The van der Waals surface area contributed by atoms with Crippen LogP contribution in [0.4, 0.5) is 0 Å². The van der Waals surface area contributed by atoms with E-state index in [9.17, 15) is 9.59 Å². The summed E-state index contributed by atoms with van der Waals surface area (Å²) in [5, 5.41) is 0.334. The van der Waals surface area contributed by atoms with Crippen LogP contribution in [-0.4, -0.2) is 18.5 Å². The minimum Gasteiger partial charge on any atom is -0.465 e. The van der Waals surface area contributed by atoms with E-state index in [0.29, 0.717) is 24.5 Å². The standard InChI is InChI=1S/C20H29ClO4/c1-4-7-8-9-12-15-24-18(22)20(5-2,6-3)19(23)25-17-14-11-10-13-16(17)21/h10-11,13-14H,4-9,12,15H2,1-3H3. The zero-order valence-electron chi connectivity index (χ0n) is 15.5. The second kappa shape index (κ2) is 11.1. The fraction of sp³-hybridized carbons (Fsp3) is 0.600. The van der Waals surface area contributed by atoms with Gasteiger partial charge in [0.2, 0.25) is 0 Å². The molecule has 4 nitrogen and oxygen atoms in total. The van der Waals surface area contributed by atoms with Gasteiger partial charge in [-0.15, -0.1) is 0 Å². The van der Waals surface area contributed by atoms with Crippen LogP contribution in [-0.2, 0) is 14.3 Å². The van der Waals surface area contributed by atoms with Gasteiger partial charge in [0.05, 0.1) is 11.6 Å². The van der Waals surface area contributed by atoms with Gasteiger partial charge in [-0.1, -0.05) is 70.2 Å².